The van der Waals surface area contributed by atoms with Crippen molar-refractivity contribution in [1.82, 2.24) is 4.57 Å². The predicted octanol–water partition coefficient (Wildman–Crippen LogP) is 4.40. The minimum Gasteiger partial charge on any atom is -0.494 e. The second-order valence-corrected chi connectivity index (χ2v) is 4.90. The predicted molar refractivity (Wildman–Crippen MR) is 77.5 cm³/mol. The van der Waals surface area contributed by atoms with Gasteiger partial charge in [0.2, 0.25) is 0 Å². The maximum atomic E-state index is 5.60. The van der Waals surface area contributed by atoms with E-state index in [0.717, 1.165) is 26.7 Å². The number of benzene rings is 2. The van der Waals surface area contributed by atoms with E-state index in [9.17, 15) is 0 Å². The van der Waals surface area contributed by atoms with Crippen LogP contribution in [0.3, 0.4) is 0 Å². The first-order chi connectivity index (χ1) is 8.81. The molecule has 0 aliphatic carbocycles. The molecule has 0 bridgehead atoms. The summed E-state index contributed by atoms with van der Waals surface area (Å²) in [5.74, 6) is 0.894. The van der Waals surface area contributed by atoms with Gasteiger partial charge in [0.15, 0.2) is 5.75 Å². The van der Waals surface area contributed by atoms with Crippen LogP contribution in [0.15, 0.2) is 59.3 Å². The van der Waals surface area contributed by atoms with Crippen LogP contribution < -0.4 is 4.74 Å². The van der Waals surface area contributed by atoms with E-state index in [1.807, 2.05) is 36.7 Å². The number of hydrogen-bond acceptors (Lipinski definition) is 1. The molecule has 0 saturated heterocycles. The lowest BCUT2D eigenvalue weighted by molar-refractivity contribution is 0.418. The quantitative estimate of drug-likeness (QED) is 0.684. The van der Waals surface area contributed by atoms with E-state index in [0.29, 0.717) is 0 Å². The van der Waals surface area contributed by atoms with Gasteiger partial charge in [0.1, 0.15) is 0 Å². The Kier molecular flexibility index (Phi) is 2.84. The fourth-order valence-electron chi connectivity index (χ4n) is 2.19. The van der Waals surface area contributed by atoms with Gasteiger partial charge in [0.05, 0.1) is 12.8 Å². The van der Waals surface area contributed by atoms with Gasteiger partial charge < -0.3 is 9.30 Å². The summed E-state index contributed by atoms with van der Waals surface area (Å²) in [5.41, 5.74) is 1.04. The van der Waals surface area contributed by atoms with Crippen LogP contribution in [-0.2, 0) is 0 Å². The van der Waals surface area contributed by atoms with Gasteiger partial charge >= 0.3 is 0 Å². The summed E-state index contributed by atoms with van der Waals surface area (Å²) in [6.07, 6.45) is 4.03. The molecule has 90 valence electrons. The summed E-state index contributed by atoms with van der Waals surface area (Å²) in [7, 11) is 1.71. The second-order valence-electron chi connectivity index (χ2n) is 4.05. The van der Waals surface area contributed by atoms with Gasteiger partial charge in [-0.25, -0.2) is 0 Å². The van der Waals surface area contributed by atoms with E-state index < -0.39 is 0 Å². The van der Waals surface area contributed by atoms with E-state index in [4.69, 9.17) is 4.74 Å². The number of ether oxygens (including phenoxy) is 1. The molecule has 0 radical (unpaired) electrons. The van der Waals surface area contributed by atoms with Gasteiger partial charge in [-0.1, -0.05) is 40.2 Å². The molecule has 0 aliphatic rings. The highest BCUT2D eigenvalue weighted by Gasteiger charge is 2.12. The van der Waals surface area contributed by atoms with Crippen LogP contribution in [0.5, 0.6) is 5.75 Å². The molecule has 0 unspecified atom stereocenters. The Balaban J connectivity index is 2.39. The van der Waals surface area contributed by atoms with E-state index in [1.54, 1.807) is 7.11 Å². The molecule has 0 aliphatic heterocycles. The summed E-state index contributed by atoms with van der Waals surface area (Å²) in [6.45, 7) is 0. The van der Waals surface area contributed by atoms with Crippen molar-refractivity contribution in [3.8, 4) is 11.4 Å². The van der Waals surface area contributed by atoms with Gasteiger partial charge in [-0.05, 0) is 23.6 Å². The number of rotatable bonds is 2. The largest absolute Gasteiger partial charge is 0.494 e. The van der Waals surface area contributed by atoms with Crippen molar-refractivity contribution in [2.24, 2.45) is 0 Å². The highest BCUT2D eigenvalue weighted by atomic mass is 79.9. The van der Waals surface area contributed by atoms with Crippen molar-refractivity contribution in [1.29, 1.82) is 0 Å². The minimum atomic E-state index is 0.894. The smallest absolute Gasteiger partial charge is 0.150 e. The number of aromatic nitrogens is 1. The Hall–Kier alpha value is -1.74. The Morgan fingerprint density at radius 2 is 1.67 bits per heavy atom. The molecule has 0 saturated carbocycles. The number of hydrogen-bond donors (Lipinski definition) is 0. The van der Waals surface area contributed by atoms with Crippen LogP contribution in [0, 0.1) is 0 Å². The topological polar surface area (TPSA) is 14.2 Å². The molecule has 18 heavy (non-hydrogen) atoms. The molecular formula is C15H12BrNO. The molecular weight excluding hydrogens is 290 g/mol. The van der Waals surface area contributed by atoms with Gasteiger partial charge in [-0.15, -0.1) is 0 Å². The summed E-state index contributed by atoms with van der Waals surface area (Å²) in [5, 5.41) is 2.27. The van der Waals surface area contributed by atoms with Crippen LogP contribution in [0.4, 0.5) is 0 Å². The minimum absolute atomic E-state index is 0.894. The second kappa shape index (κ2) is 4.50. The van der Waals surface area contributed by atoms with Gasteiger partial charge in [0.25, 0.3) is 0 Å². The Morgan fingerprint density at radius 3 is 2.33 bits per heavy atom. The molecule has 3 heteroatoms. The maximum absolute atomic E-state index is 5.60. The third-order valence-corrected chi connectivity index (χ3v) is 3.67. The highest BCUT2D eigenvalue weighted by molar-refractivity contribution is 9.10. The van der Waals surface area contributed by atoms with Crippen LogP contribution in [0.2, 0.25) is 0 Å². The molecule has 1 aromatic heterocycles. The van der Waals surface area contributed by atoms with Crippen LogP contribution in [0.25, 0.3) is 16.5 Å². The monoisotopic (exact) mass is 301 g/mol. The first-order valence-corrected chi connectivity index (χ1v) is 6.49. The maximum Gasteiger partial charge on any atom is 0.150 e. The number of halogens is 1. The normalized spacial score (nSPS) is 10.8. The Morgan fingerprint density at radius 1 is 1.00 bits per heavy atom. The SMILES string of the molecule is COc1c(-n2cccc2)cc(Br)c2ccccc12. The lowest BCUT2D eigenvalue weighted by Crippen LogP contribution is -1.96. The van der Waals surface area contributed by atoms with Crippen LogP contribution >= 0.6 is 15.9 Å². The first-order valence-electron chi connectivity index (χ1n) is 5.70. The van der Waals surface area contributed by atoms with E-state index in [-0.39, 0.29) is 0 Å². The Bertz CT molecular complexity index is 689. The fraction of sp³-hybridized carbons (Fsp3) is 0.0667. The van der Waals surface area contributed by atoms with Crippen molar-refractivity contribution in [3.05, 3.63) is 59.3 Å². The third kappa shape index (κ3) is 1.71. The summed E-state index contributed by atoms with van der Waals surface area (Å²) in [6, 6.07) is 14.3. The third-order valence-electron chi connectivity index (χ3n) is 3.01. The standard InChI is InChI=1S/C15H12BrNO/c1-18-15-12-7-3-2-6-11(12)13(16)10-14(15)17-8-4-5-9-17/h2-10H,1H3. The number of methoxy groups -OCH3 is 1. The van der Waals surface area contributed by atoms with Crippen LogP contribution in [0.1, 0.15) is 0 Å². The average molecular weight is 302 g/mol. The lowest BCUT2D eigenvalue weighted by atomic mass is 10.1. The molecule has 3 aromatic rings. The zero-order valence-corrected chi connectivity index (χ0v) is 11.5. The van der Waals surface area contributed by atoms with Crippen molar-refractivity contribution >= 4 is 26.7 Å². The molecule has 0 atom stereocenters. The van der Waals surface area contributed by atoms with Crippen molar-refractivity contribution in [2.45, 2.75) is 0 Å². The average Bonchev–Trinajstić information content (AvgIpc) is 2.92. The van der Waals surface area contributed by atoms with E-state index in [1.165, 1.54) is 0 Å². The molecule has 2 aromatic carbocycles. The van der Waals surface area contributed by atoms with E-state index >= 15 is 0 Å². The van der Waals surface area contributed by atoms with Gasteiger partial charge in [-0.2, -0.15) is 0 Å². The molecule has 0 fully saturated rings. The molecule has 0 amide bonds. The Labute approximate surface area is 114 Å². The molecule has 0 spiro atoms. The summed E-state index contributed by atoms with van der Waals surface area (Å²) < 4.78 is 8.72. The van der Waals surface area contributed by atoms with Gasteiger partial charge in [0, 0.05) is 22.3 Å². The molecule has 1 heterocycles. The van der Waals surface area contributed by atoms with Crippen molar-refractivity contribution < 1.29 is 4.74 Å². The zero-order chi connectivity index (χ0) is 12.5. The molecule has 3 rings (SSSR count). The summed E-state index contributed by atoms with van der Waals surface area (Å²) >= 11 is 3.63. The molecule has 0 N–H and O–H groups in total. The zero-order valence-electron chi connectivity index (χ0n) is 9.93. The van der Waals surface area contributed by atoms with E-state index in [2.05, 4.69) is 38.7 Å². The van der Waals surface area contributed by atoms with Gasteiger partial charge in [-0.3, -0.25) is 0 Å². The first kappa shape index (κ1) is 11.4. The summed E-state index contributed by atoms with van der Waals surface area (Å²) in [4.78, 5) is 0. The number of nitrogens with zero attached hydrogens (tertiary/aromatic N) is 1. The lowest BCUT2D eigenvalue weighted by Gasteiger charge is -2.14. The van der Waals surface area contributed by atoms with Crippen molar-refractivity contribution in [2.75, 3.05) is 7.11 Å². The number of fused-ring (bicyclic) bond motifs is 1. The highest BCUT2D eigenvalue weighted by Crippen LogP contribution is 2.37. The molecule has 2 nitrogen and oxygen atoms in total. The van der Waals surface area contributed by atoms with Crippen molar-refractivity contribution in [3.63, 3.8) is 0 Å². The van der Waals surface area contributed by atoms with Crippen LogP contribution in [-0.4, -0.2) is 11.7 Å². The fourth-order valence-corrected chi connectivity index (χ4v) is 2.75.